The molecule has 2 aromatic heterocycles. The van der Waals surface area contributed by atoms with Gasteiger partial charge in [-0.3, -0.25) is 9.59 Å². The Hall–Kier alpha value is -5.27. The van der Waals surface area contributed by atoms with Crippen LogP contribution in [-0.4, -0.2) is 56.0 Å². The van der Waals surface area contributed by atoms with E-state index < -0.39 is 11.8 Å². The van der Waals surface area contributed by atoms with Crippen molar-refractivity contribution in [1.29, 1.82) is 0 Å². The number of hydrogen-bond acceptors (Lipinski definition) is 11. The lowest BCUT2D eigenvalue weighted by molar-refractivity contribution is -0.119. The van der Waals surface area contributed by atoms with Crippen molar-refractivity contribution in [3.05, 3.63) is 59.8 Å². The van der Waals surface area contributed by atoms with Crippen LogP contribution in [0.25, 0.3) is 17.1 Å². The number of nitrogens with zero attached hydrogens (tertiary/aromatic N) is 6. The normalized spacial score (nSPS) is 11.2. The highest BCUT2D eigenvalue weighted by molar-refractivity contribution is 6.02. The number of nitrogen functional groups attached to an aromatic ring is 1. The standard InChI is InChI=1S/C23H23N9O5/c1-3-35-16-10-6-15(7-11-16)20-19(27-31-32(20)22-21(25)29-37-30-22)23(34)28-26-13(2)14-4-8-17(9-5-14)36-12-18(24)33/h4-11H,3,12H2,1-2H3,(H2,24,33)(H2,25,29)(H,28,34). The van der Waals surface area contributed by atoms with Gasteiger partial charge in [0.05, 0.1) is 12.3 Å². The molecule has 0 aliphatic heterocycles. The largest absolute Gasteiger partial charge is 0.494 e. The molecular formula is C23H23N9O5. The van der Waals surface area contributed by atoms with Crippen molar-refractivity contribution in [3.63, 3.8) is 0 Å². The average Bonchev–Trinajstić information content (AvgIpc) is 3.53. The van der Waals surface area contributed by atoms with E-state index in [-0.39, 0.29) is 23.9 Å². The maximum atomic E-state index is 13.1. The van der Waals surface area contributed by atoms with Crippen LogP contribution in [0, 0.1) is 0 Å². The second kappa shape index (κ2) is 11.0. The van der Waals surface area contributed by atoms with E-state index in [4.69, 9.17) is 20.9 Å². The third-order valence-electron chi connectivity index (χ3n) is 5.00. The number of ether oxygens (including phenoxy) is 2. The molecule has 2 aromatic carbocycles. The molecule has 5 N–H and O–H groups in total. The number of hydrogen-bond donors (Lipinski definition) is 3. The Morgan fingerprint density at radius 1 is 1.05 bits per heavy atom. The Balaban J connectivity index is 1.59. The molecule has 0 aliphatic carbocycles. The van der Waals surface area contributed by atoms with E-state index in [1.54, 1.807) is 55.5 Å². The molecule has 14 nitrogen and oxygen atoms in total. The first kappa shape index (κ1) is 24.8. The third-order valence-corrected chi connectivity index (χ3v) is 5.00. The average molecular weight is 505 g/mol. The van der Waals surface area contributed by atoms with E-state index in [9.17, 15) is 9.59 Å². The van der Waals surface area contributed by atoms with Gasteiger partial charge in [-0.2, -0.15) is 9.78 Å². The predicted molar refractivity (Wildman–Crippen MR) is 131 cm³/mol. The van der Waals surface area contributed by atoms with E-state index >= 15 is 0 Å². The number of carbonyl (C=O) groups excluding carboxylic acids is 2. The number of benzene rings is 2. The molecule has 2 heterocycles. The van der Waals surface area contributed by atoms with Gasteiger partial charge in [-0.1, -0.05) is 5.21 Å². The fourth-order valence-electron chi connectivity index (χ4n) is 3.25. The van der Waals surface area contributed by atoms with Gasteiger partial charge in [-0.05, 0) is 78.3 Å². The molecule has 0 radical (unpaired) electrons. The molecule has 0 saturated carbocycles. The van der Waals surface area contributed by atoms with Crippen molar-refractivity contribution >= 4 is 23.3 Å². The van der Waals surface area contributed by atoms with Crippen molar-refractivity contribution in [1.82, 2.24) is 30.7 Å². The minimum absolute atomic E-state index is 0.0267. The summed E-state index contributed by atoms with van der Waals surface area (Å²) in [7, 11) is 0. The molecule has 14 heteroatoms. The van der Waals surface area contributed by atoms with Gasteiger partial charge in [-0.25, -0.2) is 10.1 Å². The van der Waals surface area contributed by atoms with E-state index in [0.717, 1.165) is 0 Å². The number of aromatic nitrogens is 5. The Labute approximate surface area is 210 Å². The summed E-state index contributed by atoms with van der Waals surface area (Å²) in [6.45, 7) is 3.87. The first-order chi connectivity index (χ1) is 17.9. The smallest absolute Gasteiger partial charge is 0.294 e. The van der Waals surface area contributed by atoms with Crippen molar-refractivity contribution in [2.45, 2.75) is 13.8 Å². The van der Waals surface area contributed by atoms with Crippen LogP contribution in [0.1, 0.15) is 29.9 Å². The van der Waals surface area contributed by atoms with Crippen molar-refractivity contribution in [2.75, 3.05) is 18.9 Å². The first-order valence-corrected chi connectivity index (χ1v) is 11.0. The van der Waals surface area contributed by atoms with Crippen LogP contribution in [0.4, 0.5) is 5.82 Å². The van der Waals surface area contributed by atoms with Crippen LogP contribution in [0.15, 0.2) is 58.3 Å². The summed E-state index contributed by atoms with van der Waals surface area (Å²) in [5.41, 5.74) is 15.5. The Morgan fingerprint density at radius 3 is 2.35 bits per heavy atom. The van der Waals surface area contributed by atoms with Gasteiger partial charge in [0.15, 0.2) is 12.3 Å². The highest BCUT2D eigenvalue weighted by Gasteiger charge is 2.25. The molecule has 37 heavy (non-hydrogen) atoms. The summed E-state index contributed by atoms with van der Waals surface area (Å²) in [4.78, 5) is 24.0. The monoisotopic (exact) mass is 505 g/mol. The summed E-state index contributed by atoms with van der Waals surface area (Å²) in [6.07, 6.45) is 0. The van der Waals surface area contributed by atoms with Gasteiger partial charge in [-0.15, -0.1) is 5.10 Å². The zero-order valence-electron chi connectivity index (χ0n) is 19.9. The molecule has 0 bridgehead atoms. The second-order valence-electron chi connectivity index (χ2n) is 7.55. The molecule has 0 saturated heterocycles. The molecule has 4 aromatic rings. The number of nitrogens with two attached hydrogens (primary N) is 2. The van der Waals surface area contributed by atoms with Crippen LogP contribution in [-0.2, 0) is 4.79 Å². The van der Waals surface area contributed by atoms with Gasteiger partial charge in [0.2, 0.25) is 11.6 Å². The number of carbonyl (C=O) groups is 2. The lowest BCUT2D eigenvalue weighted by Crippen LogP contribution is -2.21. The predicted octanol–water partition coefficient (Wildman–Crippen LogP) is 1.32. The zero-order valence-corrected chi connectivity index (χ0v) is 19.9. The molecule has 4 rings (SSSR count). The highest BCUT2D eigenvalue weighted by atomic mass is 16.6. The summed E-state index contributed by atoms with van der Waals surface area (Å²) >= 11 is 0. The topological polar surface area (TPSA) is 199 Å². The molecule has 190 valence electrons. The molecule has 0 unspecified atom stereocenters. The van der Waals surface area contributed by atoms with Crippen LogP contribution < -0.4 is 26.4 Å². The van der Waals surface area contributed by atoms with E-state index in [1.165, 1.54) is 4.68 Å². The van der Waals surface area contributed by atoms with E-state index in [2.05, 4.69) is 35.8 Å². The van der Waals surface area contributed by atoms with Crippen molar-refractivity contribution in [3.8, 4) is 28.6 Å². The third kappa shape index (κ3) is 5.70. The SMILES string of the molecule is CCOc1ccc(-c2c(C(=O)NN=C(C)c3ccc(OCC(N)=O)cc3)nnn2-c2nonc2N)cc1. The lowest BCUT2D eigenvalue weighted by Gasteiger charge is -2.08. The molecule has 0 atom stereocenters. The lowest BCUT2D eigenvalue weighted by atomic mass is 10.1. The fraction of sp³-hybridized carbons (Fsp3) is 0.174. The van der Waals surface area contributed by atoms with E-state index in [1.807, 2.05) is 6.92 Å². The van der Waals surface area contributed by atoms with Gasteiger partial charge in [0.25, 0.3) is 11.8 Å². The Kier molecular flexibility index (Phi) is 7.37. The van der Waals surface area contributed by atoms with Crippen molar-refractivity contribution < 1.29 is 23.7 Å². The van der Waals surface area contributed by atoms with Gasteiger partial charge in [0.1, 0.15) is 17.2 Å². The van der Waals surface area contributed by atoms with Crippen LogP contribution in [0.5, 0.6) is 11.5 Å². The van der Waals surface area contributed by atoms with Crippen LogP contribution >= 0.6 is 0 Å². The minimum atomic E-state index is -0.620. The number of rotatable bonds is 10. The minimum Gasteiger partial charge on any atom is -0.494 e. The maximum Gasteiger partial charge on any atom is 0.294 e. The van der Waals surface area contributed by atoms with Gasteiger partial charge < -0.3 is 20.9 Å². The summed E-state index contributed by atoms with van der Waals surface area (Å²) < 4.78 is 16.7. The van der Waals surface area contributed by atoms with Gasteiger partial charge in [0, 0.05) is 5.56 Å². The highest BCUT2D eigenvalue weighted by Crippen LogP contribution is 2.28. The maximum absolute atomic E-state index is 13.1. The quantitative estimate of drug-likeness (QED) is 0.208. The van der Waals surface area contributed by atoms with Crippen LogP contribution in [0.3, 0.4) is 0 Å². The summed E-state index contributed by atoms with van der Waals surface area (Å²) in [6, 6.07) is 13.8. The Morgan fingerprint density at radius 2 is 1.73 bits per heavy atom. The number of primary amides is 1. The van der Waals surface area contributed by atoms with Crippen LogP contribution in [0.2, 0.25) is 0 Å². The number of nitrogens with one attached hydrogen (secondary N) is 1. The van der Waals surface area contributed by atoms with E-state index in [0.29, 0.717) is 40.6 Å². The van der Waals surface area contributed by atoms with Gasteiger partial charge >= 0.3 is 0 Å². The zero-order chi connectivity index (χ0) is 26.4. The first-order valence-electron chi connectivity index (χ1n) is 11.0. The van der Waals surface area contributed by atoms with Crippen molar-refractivity contribution in [2.24, 2.45) is 10.8 Å². The Bertz CT molecular complexity index is 1430. The molecule has 0 fully saturated rings. The fourth-order valence-corrected chi connectivity index (χ4v) is 3.25. The second-order valence-corrected chi connectivity index (χ2v) is 7.55. The number of amides is 2. The molecule has 0 aliphatic rings. The number of hydrazone groups is 1. The number of anilines is 1. The molecule has 0 spiro atoms. The summed E-state index contributed by atoms with van der Waals surface area (Å²) in [5, 5.41) is 19.6. The summed E-state index contributed by atoms with van der Waals surface area (Å²) in [5.74, 6) is -0.0165. The molecule has 2 amide bonds. The molecular weight excluding hydrogens is 482 g/mol.